The smallest absolute Gasteiger partial charge is 0.0752 e. The van der Waals surface area contributed by atoms with E-state index in [4.69, 9.17) is 5.53 Å². The van der Waals surface area contributed by atoms with Crippen molar-refractivity contribution in [3.63, 3.8) is 0 Å². The van der Waals surface area contributed by atoms with Gasteiger partial charge in [-0.25, -0.2) is 0 Å². The Kier molecular flexibility index (Phi) is 6.97. The van der Waals surface area contributed by atoms with E-state index in [2.05, 4.69) is 29.2 Å². The van der Waals surface area contributed by atoms with Crippen molar-refractivity contribution in [3.8, 4) is 0 Å². The molecular formula is C14H22N4O. The van der Waals surface area contributed by atoms with E-state index in [0.717, 1.165) is 12.1 Å². The molecule has 5 nitrogen and oxygen atoms in total. The van der Waals surface area contributed by atoms with Gasteiger partial charge in [-0.3, -0.25) is 0 Å². The van der Waals surface area contributed by atoms with Gasteiger partial charge in [0.25, 0.3) is 0 Å². The first-order valence-electron chi connectivity index (χ1n) is 6.60. The van der Waals surface area contributed by atoms with Crippen LogP contribution in [0.1, 0.15) is 19.4 Å². The predicted octanol–water partition coefficient (Wildman–Crippen LogP) is 2.51. The number of azide groups is 1. The van der Waals surface area contributed by atoms with Gasteiger partial charge in [0.15, 0.2) is 0 Å². The summed E-state index contributed by atoms with van der Waals surface area (Å²) in [7, 11) is 0. The van der Waals surface area contributed by atoms with Crippen LogP contribution in [0.2, 0.25) is 0 Å². The summed E-state index contributed by atoms with van der Waals surface area (Å²) in [5.74, 6) is 0.527. The van der Waals surface area contributed by atoms with Crippen LogP contribution < -0.4 is 5.32 Å². The molecule has 1 aromatic rings. The molecule has 0 heterocycles. The molecule has 0 radical (unpaired) electrons. The SMILES string of the molecule is CC(C)CNC[C@@H](O)C(Cc1ccccc1)N=[N+]=[N-]. The molecule has 2 N–H and O–H groups in total. The zero-order valence-electron chi connectivity index (χ0n) is 11.5. The van der Waals surface area contributed by atoms with Gasteiger partial charge in [-0.2, -0.15) is 0 Å². The number of benzene rings is 1. The highest BCUT2D eigenvalue weighted by Crippen LogP contribution is 2.09. The first-order chi connectivity index (χ1) is 9.13. The summed E-state index contributed by atoms with van der Waals surface area (Å²) in [4.78, 5) is 2.83. The van der Waals surface area contributed by atoms with Crippen LogP contribution in [0.15, 0.2) is 35.4 Å². The van der Waals surface area contributed by atoms with Crippen molar-refractivity contribution in [1.82, 2.24) is 5.32 Å². The zero-order chi connectivity index (χ0) is 14.1. The summed E-state index contributed by atoms with van der Waals surface area (Å²) < 4.78 is 0. The second-order valence-electron chi connectivity index (χ2n) is 5.08. The van der Waals surface area contributed by atoms with E-state index in [1.54, 1.807) is 0 Å². The average molecular weight is 262 g/mol. The van der Waals surface area contributed by atoms with Gasteiger partial charge in [0.05, 0.1) is 12.1 Å². The normalized spacial score (nSPS) is 13.9. The van der Waals surface area contributed by atoms with E-state index in [1.807, 2.05) is 30.3 Å². The lowest BCUT2D eigenvalue weighted by Crippen LogP contribution is -2.37. The maximum absolute atomic E-state index is 10.1. The lowest BCUT2D eigenvalue weighted by Gasteiger charge is -2.19. The highest BCUT2D eigenvalue weighted by atomic mass is 16.3. The van der Waals surface area contributed by atoms with Crippen LogP contribution in [0, 0.1) is 5.92 Å². The van der Waals surface area contributed by atoms with Crippen molar-refractivity contribution in [1.29, 1.82) is 0 Å². The second kappa shape index (κ2) is 8.53. The maximum atomic E-state index is 10.1. The monoisotopic (exact) mass is 262 g/mol. The number of aliphatic hydroxyl groups excluding tert-OH is 1. The molecule has 0 amide bonds. The van der Waals surface area contributed by atoms with Crippen LogP contribution in [0.3, 0.4) is 0 Å². The van der Waals surface area contributed by atoms with Gasteiger partial charge in [0, 0.05) is 11.5 Å². The highest BCUT2D eigenvalue weighted by molar-refractivity contribution is 5.16. The number of hydrogen-bond acceptors (Lipinski definition) is 3. The molecular weight excluding hydrogens is 240 g/mol. The Balaban J connectivity index is 2.54. The molecule has 0 spiro atoms. The molecule has 1 aromatic carbocycles. The fraction of sp³-hybridized carbons (Fsp3) is 0.571. The molecule has 0 aliphatic heterocycles. The Hall–Kier alpha value is -1.55. The standard InChI is InChI=1S/C14H22N4O/c1-11(2)9-16-10-14(19)13(17-18-15)8-12-6-4-3-5-7-12/h3-7,11,13-14,16,19H,8-10H2,1-2H3/t13?,14-/m1/s1. The highest BCUT2D eigenvalue weighted by Gasteiger charge is 2.18. The minimum Gasteiger partial charge on any atom is -0.391 e. The van der Waals surface area contributed by atoms with E-state index in [0.29, 0.717) is 18.9 Å². The minimum atomic E-state index is -0.671. The Bertz CT molecular complexity index is 401. The molecule has 0 fully saturated rings. The van der Waals surface area contributed by atoms with Crippen LogP contribution in [0.25, 0.3) is 10.4 Å². The fourth-order valence-corrected chi connectivity index (χ4v) is 1.83. The molecule has 0 aliphatic rings. The van der Waals surface area contributed by atoms with Gasteiger partial charge < -0.3 is 10.4 Å². The van der Waals surface area contributed by atoms with Gasteiger partial charge in [0.1, 0.15) is 0 Å². The summed E-state index contributed by atoms with van der Waals surface area (Å²) in [5, 5.41) is 17.0. The fourth-order valence-electron chi connectivity index (χ4n) is 1.83. The topological polar surface area (TPSA) is 81.0 Å². The number of nitrogens with one attached hydrogen (secondary N) is 1. The maximum Gasteiger partial charge on any atom is 0.0752 e. The third-order valence-corrected chi connectivity index (χ3v) is 2.84. The van der Waals surface area contributed by atoms with Crippen molar-refractivity contribution >= 4 is 0 Å². The largest absolute Gasteiger partial charge is 0.391 e. The number of nitrogens with zero attached hydrogens (tertiary/aromatic N) is 3. The molecule has 1 rings (SSSR count). The van der Waals surface area contributed by atoms with Crippen LogP contribution in [0.5, 0.6) is 0 Å². The quantitative estimate of drug-likeness (QED) is 0.429. The Morgan fingerprint density at radius 1 is 1.26 bits per heavy atom. The molecule has 1 unspecified atom stereocenters. The Morgan fingerprint density at radius 2 is 1.95 bits per heavy atom. The molecule has 104 valence electrons. The van der Waals surface area contributed by atoms with Crippen LogP contribution in [0.4, 0.5) is 0 Å². The summed E-state index contributed by atoms with van der Waals surface area (Å²) in [6.45, 7) is 5.49. The van der Waals surface area contributed by atoms with E-state index < -0.39 is 12.1 Å². The van der Waals surface area contributed by atoms with Gasteiger partial charge in [-0.1, -0.05) is 49.3 Å². The van der Waals surface area contributed by atoms with Crippen LogP contribution in [-0.2, 0) is 6.42 Å². The van der Waals surface area contributed by atoms with E-state index in [1.165, 1.54) is 0 Å². The molecule has 0 aliphatic carbocycles. The Morgan fingerprint density at radius 3 is 2.53 bits per heavy atom. The first-order valence-corrected chi connectivity index (χ1v) is 6.60. The molecule has 0 saturated carbocycles. The van der Waals surface area contributed by atoms with Gasteiger partial charge in [-0.05, 0) is 30.0 Å². The number of rotatable bonds is 8. The minimum absolute atomic E-state index is 0.438. The lowest BCUT2D eigenvalue weighted by atomic mass is 10.0. The molecule has 0 saturated heterocycles. The second-order valence-corrected chi connectivity index (χ2v) is 5.08. The summed E-state index contributed by atoms with van der Waals surface area (Å²) in [5.41, 5.74) is 9.66. The number of aliphatic hydroxyl groups is 1. The van der Waals surface area contributed by atoms with Gasteiger partial charge in [-0.15, -0.1) is 0 Å². The van der Waals surface area contributed by atoms with Crippen molar-refractivity contribution in [2.75, 3.05) is 13.1 Å². The third-order valence-electron chi connectivity index (χ3n) is 2.84. The van der Waals surface area contributed by atoms with Crippen molar-refractivity contribution in [2.45, 2.75) is 32.4 Å². The summed E-state index contributed by atoms with van der Waals surface area (Å²) in [6.07, 6.45) is -0.120. The molecule has 0 bridgehead atoms. The molecule has 5 heteroatoms. The van der Waals surface area contributed by atoms with Gasteiger partial charge >= 0.3 is 0 Å². The summed E-state index contributed by atoms with van der Waals surface area (Å²) >= 11 is 0. The van der Waals surface area contributed by atoms with Crippen LogP contribution in [-0.4, -0.2) is 30.3 Å². The number of hydrogen-bond donors (Lipinski definition) is 2. The lowest BCUT2D eigenvalue weighted by molar-refractivity contribution is 0.141. The van der Waals surface area contributed by atoms with E-state index in [9.17, 15) is 5.11 Å². The molecule has 19 heavy (non-hydrogen) atoms. The van der Waals surface area contributed by atoms with Crippen molar-refractivity contribution in [2.24, 2.45) is 11.0 Å². The van der Waals surface area contributed by atoms with E-state index >= 15 is 0 Å². The predicted molar refractivity (Wildman–Crippen MR) is 76.8 cm³/mol. The third kappa shape index (κ3) is 6.25. The zero-order valence-corrected chi connectivity index (χ0v) is 11.5. The average Bonchev–Trinajstić information content (AvgIpc) is 2.39. The first kappa shape index (κ1) is 15.5. The van der Waals surface area contributed by atoms with E-state index in [-0.39, 0.29) is 0 Å². The van der Waals surface area contributed by atoms with Crippen LogP contribution >= 0.6 is 0 Å². The summed E-state index contributed by atoms with van der Waals surface area (Å²) in [6, 6.07) is 9.30. The Labute approximate surface area is 114 Å². The molecule has 2 atom stereocenters. The van der Waals surface area contributed by atoms with Gasteiger partial charge in [0.2, 0.25) is 0 Å². The van der Waals surface area contributed by atoms with Crippen molar-refractivity contribution < 1.29 is 5.11 Å². The van der Waals surface area contributed by atoms with Crippen molar-refractivity contribution in [3.05, 3.63) is 46.3 Å². The molecule has 0 aromatic heterocycles.